The van der Waals surface area contributed by atoms with Crippen LogP contribution >= 0.6 is 11.3 Å². The molecule has 4 atom stereocenters. The number of aromatic nitrogens is 2. The highest BCUT2D eigenvalue weighted by Crippen LogP contribution is 2.37. The third-order valence-electron chi connectivity index (χ3n) is 6.02. The van der Waals surface area contributed by atoms with Gasteiger partial charge in [0.2, 0.25) is 0 Å². The summed E-state index contributed by atoms with van der Waals surface area (Å²) in [6, 6.07) is 4.85. The van der Waals surface area contributed by atoms with Gasteiger partial charge in [-0.3, -0.25) is 9.78 Å². The second-order valence-electron chi connectivity index (χ2n) is 8.14. The molecule has 3 aromatic rings. The van der Waals surface area contributed by atoms with Gasteiger partial charge in [-0.05, 0) is 49.6 Å². The van der Waals surface area contributed by atoms with Crippen molar-refractivity contribution in [2.75, 3.05) is 0 Å². The predicted molar refractivity (Wildman–Crippen MR) is 116 cm³/mol. The first-order valence-electron chi connectivity index (χ1n) is 10.2. The first kappa shape index (κ1) is 22.6. The first-order valence-corrected chi connectivity index (χ1v) is 11.1. The third kappa shape index (κ3) is 4.21. The van der Waals surface area contributed by atoms with E-state index in [0.29, 0.717) is 12.0 Å². The fourth-order valence-corrected chi connectivity index (χ4v) is 4.66. The number of nitrogens with zero attached hydrogens (tertiary/aromatic N) is 2. The standard InChI is InChI=1S/C23H23F2N3O3S/c1-12-23(2,30)20(26)9-19(31-12)14-6-7-27-10-13(14)8-18(29)17-11-32-22(28-17)21-15(24)4-3-5-16(21)25/h3-7,10-12,19-20,30H,8-9,26H2,1-2H3/t12-,19-,20-,23-/m0/s1. The van der Waals surface area contributed by atoms with Crippen LogP contribution in [0.15, 0.2) is 42.0 Å². The molecular formula is C23H23F2N3O3S. The molecule has 0 saturated carbocycles. The molecule has 1 saturated heterocycles. The maximum atomic E-state index is 14.1. The van der Waals surface area contributed by atoms with Gasteiger partial charge in [-0.15, -0.1) is 11.3 Å². The van der Waals surface area contributed by atoms with Crippen LogP contribution in [0, 0.1) is 11.6 Å². The lowest BCUT2D eigenvalue weighted by Gasteiger charge is -2.44. The van der Waals surface area contributed by atoms with Crippen molar-refractivity contribution in [3.05, 3.63) is 70.5 Å². The fraction of sp³-hybridized carbons (Fsp3) is 0.348. The Bertz CT molecular complexity index is 1120. The molecule has 3 N–H and O–H groups in total. The molecule has 9 heteroatoms. The second-order valence-corrected chi connectivity index (χ2v) is 9.00. The Hall–Kier alpha value is -2.59. The van der Waals surface area contributed by atoms with E-state index >= 15 is 0 Å². The van der Waals surface area contributed by atoms with E-state index in [2.05, 4.69) is 9.97 Å². The summed E-state index contributed by atoms with van der Waals surface area (Å²) in [5.74, 6) is -1.77. The number of hydrogen-bond donors (Lipinski definition) is 2. The van der Waals surface area contributed by atoms with Crippen LogP contribution in [0.1, 0.15) is 48.0 Å². The zero-order valence-electron chi connectivity index (χ0n) is 17.6. The highest BCUT2D eigenvalue weighted by atomic mass is 32.1. The van der Waals surface area contributed by atoms with Gasteiger partial charge in [0, 0.05) is 30.2 Å². The molecule has 1 aliphatic heterocycles. The third-order valence-corrected chi connectivity index (χ3v) is 6.88. The second kappa shape index (κ2) is 8.74. The number of thiazole rings is 1. The molecule has 6 nitrogen and oxygen atoms in total. The van der Waals surface area contributed by atoms with E-state index in [1.54, 1.807) is 32.3 Å². The van der Waals surface area contributed by atoms with E-state index in [0.717, 1.165) is 29.0 Å². The Morgan fingerprint density at radius 1 is 1.34 bits per heavy atom. The van der Waals surface area contributed by atoms with E-state index in [1.807, 2.05) is 0 Å². The molecule has 0 amide bonds. The van der Waals surface area contributed by atoms with Gasteiger partial charge in [0.05, 0.1) is 17.8 Å². The van der Waals surface area contributed by atoms with Crippen LogP contribution in [0.2, 0.25) is 0 Å². The zero-order valence-corrected chi connectivity index (χ0v) is 18.4. The van der Waals surface area contributed by atoms with Gasteiger partial charge >= 0.3 is 0 Å². The molecule has 1 aliphatic rings. The number of halogens is 2. The number of nitrogens with two attached hydrogens (primary N) is 1. The first-order chi connectivity index (χ1) is 15.2. The van der Waals surface area contributed by atoms with Crippen molar-refractivity contribution in [1.29, 1.82) is 0 Å². The molecule has 1 aromatic carbocycles. The molecule has 32 heavy (non-hydrogen) atoms. The summed E-state index contributed by atoms with van der Waals surface area (Å²) in [6.07, 6.45) is 2.68. The minimum atomic E-state index is -1.15. The molecule has 3 heterocycles. The van der Waals surface area contributed by atoms with Crippen molar-refractivity contribution >= 4 is 17.1 Å². The fourth-order valence-electron chi connectivity index (χ4n) is 3.79. The van der Waals surface area contributed by atoms with Gasteiger partial charge in [0.25, 0.3) is 0 Å². The summed E-state index contributed by atoms with van der Waals surface area (Å²) in [6.45, 7) is 3.41. The van der Waals surface area contributed by atoms with Crippen molar-refractivity contribution in [3.8, 4) is 10.6 Å². The molecule has 1 fully saturated rings. The molecule has 2 aromatic heterocycles. The lowest BCUT2D eigenvalue weighted by Crippen LogP contribution is -2.58. The highest BCUT2D eigenvalue weighted by molar-refractivity contribution is 7.13. The number of hydrogen-bond acceptors (Lipinski definition) is 7. The van der Waals surface area contributed by atoms with Crippen molar-refractivity contribution in [1.82, 2.24) is 9.97 Å². The summed E-state index contributed by atoms with van der Waals surface area (Å²) in [4.78, 5) is 21.2. The van der Waals surface area contributed by atoms with Gasteiger partial charge < -0.3 is 15.6 Å². The average molecular weight is 460 g/mol. The normalized spacial score (nSPS) is 25.6. The molecule has 4 rings (SSSR count). The van der Waals surface area contributed by atoms with Gasteiger partial charge in [0.1, 0.15) is 27.9 Å². The monoisotopic (exact) mass is 459 g/mol. The Balaban J connectivity index is 1.56. The Labute approximate surface area is 188 Å². The molecular weight excluding hydrogens is 436 g/mol. The number of carbonyl (C=O) groups is 1. The van der Waals surface area contributed by atoms with Gasteiger partial charge in [0.15, 0.2) is 5.78 Å². The minimum absolute atomic E-state index is 0.00796. The summed E-state index contributed by atoms with van der Waals surface area (Å²) in [7, 11) is 0. The number of pyridine rings is 1. The van der Waals surface area contributed by atoms with E-state index in [1.165, 1.54) is 11.4 Å². The van der Waals surface area contributed by atoms with Crippen LogP contribution in [-0.2, 0) is 11.2 Å². The summed E-state index contributed by atoms with van der Waals surface area (Å²) >= 11 is 1.01. The molecule has 0 bridgehead atoms. The summed E-state index contributed by atoms with van der Waals surface area (Å²) in [5, 5.41) is 12.1. The number of ketones is 1. The molecule has 0 aliphatic carbocycles. The van der Waals surface area contributed by atoms with Crippen LogP contribution < -0.4 is 5.73 Å². The van der Waals surface area contributed by atoms with Crippen molar-refractivity contribution in [2.45, 2.75) is 50.5 Å². The van der Waals surface area contributed by atoms with Gasteiger partial charge in [-0.25, -0.2) is 13.8 Å². The van der Waals surface area contributed by atoms with Gasteiger partial charge in [-0.2, -0.15) is 0 Å². The van der Waals surface area contributed by atoms with Crippen molar-refractivity contribution in [2.24, 2.45) is 5.73 Å². The van der Waals surface area contributed by atoms with Crippen LogP contribution in [0.4, 0.5) is 8.78 Å². The molecule has 0 radical (unpaired) electrons. The van der Waals surface area contributed by atoms with Crippen LogP contribution in [0.25, 0.3) is 10.6 Å². The van der Waals surface area contributed by atoms with Crippen molar-refractivity contribution in [3.63, 3.8) is 0 Å². The lowest BCUT2D eigenvalue weighted by molar-refractivity contribution is -0.171. The van der Waals surface area contributed by atoms with Crippen LogP contribution in [0.3, 0.4) is 0 Å². The highest BCUT2D eigenvalue weighted by Gasteiger charge is 2.43. The predicted octanol–water partition coefficient (Wildman–Crippen LogP) is 3.84. The number of aliphatic hydroxyl groups is 1. The quantitative estimate of drug-likeness (QED) is 0.563. The molecule has 168 valence electrons. The minimum Gasteiger partial charge on any atom is -0.386 e. The SMILES string of the molecule is C[C@@H]1O[C@H](c2ccncc2CC(=O)c2csc(-c3c(F)cccc3F)n2)C[C@H](N)[C@@]1(C)O. The number of benzene rings is 1. The maximum absolute atomic E-state index is 14.1. The van der Waals surface area contributed by atoms with Crippen molar-refractivity contribution < 1.29 is 23.4 Å². The molecule has 0 unspecified atom stereocenters. The Morgan fingerprint density at radius 3 is 2.75 bits per heavy atom. The van der Waals surface area contributed by atoms with E-state index in [4.69, 9.17) is 10.5 Å². The Morgan fingerprint density at radius 2 is 2.06 bits per heavy atom. The van der Waals surface area contributed by atoms with Crippen LogP contribution in [0.5, 0.6) is 0 Å². The van der Waals surface area contributed by atoms with Crippen LogP contribution in [-0.4, -0.2) is 38.6 Å². The summed E-state index contributed by atoms with van der Waals surface area (Å²) in [5.41, 5.74) is 6.31. The van der Waals surface area contributed by atoms with E-state index in [-0.39, 0.29) is 28.5 Å². The number of ether oxygens (including phenoxy) is 1. The number of rotatable bonds is 5. The number of carbonyl (C=O) groups excluding carboxylic acids is 1. The topological polar surface area (TPSA) is 98.3 Å². The lowest BCUT2D eigenvalue weighted by atomic mass is 9.82. The largest absolute Gasteiger partial charge is 0.386 e. The van der Waals surface area contributed by atoms with E-state index < -0.39 is 35.5 Å². The zero-order chi connectivity index (χ0) is 23.0. The Kier molecular flexibility index (Phi) is 6.17. The number of Topliss-reactive ketones (excluding diaryl/α,β-unsaturated/α-hetero) is 1. The maximum Gasteiger partial charge on any atom is 0.186 e. The average Bonchev–Trinajstić information content (AvgIpc) is 3.22. The molecule has 0 spiro atoms. The smallest absolute Gasteiger partial charge is 0.186 e. The van der Waals surface area contributed by atoms with E-state index in [9.17, 15) is 18.7 Å². The van der Waals surface area contributed by atoms with Gasteiger partial charge in [-0.1, -0.05) is 6.07 Å². The summed E-state index contributed by atoms with van der Waals surface area (Å²) < 4.78 is 34.1.